The molecule has 3 rings (SSSR count). The lowest BCUT2D eigenvalue weighted by molar-refractivity contribution is -0.167. The summed E-state index contributed by atoms with van der Waals surface area (Å²) in [6.45, 7) is 11.0. The van der Waals surface area contributed by atoms with Crippen molar-refractivity contribution in [2.24, 2.45) is 17.3 Å². The number of epoxide rings is 1. The number of ether oxygens (including phenoxy) is 2. The Hall–Kier alpha value is -2.10. The van der Waals surface area contributed by atoms with Gasteiger partial charge in [0, 0.05) is 30.8 Å². The van der Waals surface area contributed by atoms with Gasteiger partial charge in [0.1, 0.15) is 29.2 Å². The molecule has 0 aromatic carbocycles. The Morgan fingerprint density at radius 3 is 2.58 bits per heavy atom. The van der Waals surface area contributed by atoms with E-state index in [1.165, 1.54) is 6.26 Å². The van der Waals surface area contributed by atoms with Crippen LogP contribution in [0.5, 0.6) is 0 Å². The fourth-order valence-corrected chi connectivity index (χ4v) is 5.21. The molecule has 2 N–H and O–H groups in total. The van der Waals surface area contributed by atoms with E-state index in [0.29, 0.717) is 25.2 Å². The molecule has 2 aliphatic heterocycles. The number of ketones is 1. The predicted molar refractivity (Wildman–Crippen MR) is 130 cm³/mol. The van der Waals surface area contributed by atoms with Gasteiger partial charge in [-0.05, 0) is 38.5 Å². The number of aliphatic hydroxyl groups is 2. The zero-order valence-corrected chi connectivity index (χ0v) is 22.2. The molecular weight excluding hydrogens is 469 g/mol. The summed E-state index contributed by atoms with van der Waals surface area (Å²) in [6.07, 6.45) is 1.94. The standard InChI is InChI=1S/C27H40FNO7/c1-7-18-13-16(2)9-8-11-26(6)27(33,36-26)24(32)22(20(28)14-19-15-34-17(3)29-19)35-21(30)10-12-25(4,5)23(18)31/h14-16,18,22,24,32-33H,7-13H2,1-6H3. The highest BCUT2D eigenvalue weighted by Gasteiger charge is 2.72. The Labute approximate surface area is 212 Å². The number of carbonyl (C=O) groups excluding carboxylic acids is 2. The van der Waals surface area contributed by atoms with Gasteiger partial charge < -0.3 is 24.1 Å². The van der Waals surface area contributed by atoms with Crippen LogP contribution < -0.4 is 0 Å². The number of aryl methyl sites for hydroxylation is 1. The predicted octanol–water partition coefficient (Wildman–Crippen LogP) is 4.66. The van der Waals surface area contributed by atoms with Gasteiger partial charge in [-0.25, -0.2) is 9.37 Å². The summed E-state index contributed by atoms with van der Waals surface area (Å²) in [7, 11) is 0. The minimum atomic E-state index is -2.08. The molecule has 3 heterocycles. The fourth-order valence-electron chi connectivity index (χ4n) is 5.21. The lowest BCUT2D eigenvalue weighted by Crippen LogP contribution is -2.46. The third kappa shape index (κ3) is 6.06. The van der Waals surface area contributed by atoms with Gasteiger partial charge in [0.15, 0.2) is 18.1 Å². The maximum atomic E-state index is 15.4. The van der Waals surface area contributed by atoms with Gasteiger partial charge in [0.25, 0.3) is 0 Å². The summed E-state index contributed by atoms with van der Waals surface area (Å²) < 4.78 is 31.4. The molecule has 202 valence electrons. The van der Waals surface area contributed by atoms with Crippen LogP contribution in [0.4, 0.5) is 4.39 Å². The number of nitrogens with zero attached hydrogens (tertiary/aromatic N) is 1. The summed E-state index contributed by atoms with van der Waals surface area (Å²) in [5.41, 5.74) is -1.76. The summed E-state index contributed by atoms with van der Waals surface area (Å²) in [5, 5.41) is 22.1. The molecule has 36 heavy (non-hydrogen) atoms. The van der Waals surface area contributed by atoms with Crippen LogP contribution >= 0.6 is 0 Å². The van der Waals surface area contributed by atoms with Gasteiger partial charge in [-0.1, -0.05) is 40.5 Å². The van der Waals surface area contributed by atoms with E-state index in [4.69, 9.17) is 13.9 Å². The first kappa shape index (κ1) is 28.5. The van der Waals surface area contributed by atoms with E-state index in [1.807, 2.05) is 20.8 Å². The molecular formula is C27H40FNO7. The average molecular weight is 510 g/mol. The molecule has 1 aromatic rings. The molecule has 0 spiro atoms. The highest BCUT2D eigenvalue weighted by atomic mass is 19.1. The molecule has 0 bridgehead atoms. The summed E-state index contributed by atoms with van der Waals surface area (Å²) in [6, 6.07) is 0. The number of oxazole rings is 1. The maximum Gasteiger partial charge on any atom is 0.306 e. The number of aromatic nitrogens is 1. The summed E-state index contributed by atoms with van der Waals surface area (Å²) in [4.78, 5) is 30.1. The number of esters is 1. The third-order valence-electron chi connectivity index (χ3n) is 7.76. The van der Waals surface area contributed by atoms with Crippen molar-refractivity contribution in [2.45, 2.75) is 110 Å². The van der Waals surface area contributed by atoms with E-state index in [9.17, 15) is 19.8 Å². The highest BCUT2D eigenvalue weighted by molar-refractivity contribution is 5.86. The van der Waals surface area contributed by atoms with Crippen LogP contribution in [0, 0.1) is 24.2 Å². The summed E-state index contributed by atoms with van der Waals surface area (Å²) >= 11 is 0. The molecule has 1 aromatic heterocycles. The Balaban J connectivity index is 1.90. The molecule has 8 nitrogen and oxygen atoms in total. The number of fused-ring (bicyclic) bond motifs is 1. The van der Waals surface area contributed by atoms with Gasteiger partial charge >= 0.3 is 5.97 Å². The molecule has 2 fully saturated rings. The lowest BCUT2D eigenvalue weighted by Gasteiger charge is -2.30. The molecule has 0 radical (unpaired) electrons. The van der Waals surface area contributed by atoms with Gasteiger partial charge in [0.05, 0.1) is 0 Å². The van der Waals surface area contributed by atoms with E-state index in [1.54, 1.807) is 13.8 Å². The zero-order chi connectivity index (χ0) is 26.9. The number of cyclic esters (lactones) is 1. The van der Waals surface area contributed by atoms with Crippen LogP contribution in [0.25, 0.3) is 6.08 Å². The molecule has 0 saturated carbocycles. The molecule has 0 aliphatic carbocycles. The van der Waals surface area contributed by atoms with Crippen LogP contribution in [-0.2, 0) is 19.1 Å². The Morgan fingerprint density at radius 1 is 1.28 bits per heavy atom. The van der Waals surface area contributed by atoms with Crippen molar-refractivity contribution in [3.63, 3.8) is 0 Å². The number of rotatable bonds is 3. The smallest absolute Gasteiger partial charge is 0.306 e. The second-order valence-corrected chi connectivity index (χ2v) is 11.3. The topological polar surface area (TPSA) is 122 Å². The number of carbonyl (C=O) groups is 2. The normalized spacial score (nSPS) is 36.8. The number of hydrogen-bond acceptors (Lipinski definition) is 8. The number of Topliss-reactive ketones (excluding diaryl/α,β-unsaturated/α-hetero) is 1. The molecule has 2 aliphatic rings. The molecule has 0 amide bonds. The second kappa shape index (κ2) is 10.7. The van der Waals surface area contributed by atoms with E-state index in [-0.39, 0.29) is 36.2 Å². The van der Waals surface area contributed by atoms with Gasteiger partial charge in [-0.2, -0.15) is 0 Å². The fraction of sp³-hybridized carbons (Fsp3) is 0.741. The van der Waals surface area contributed by atoms with E-state index < -0.39 is 40.8 Å². The first-order chi connectivity index (χ1) is 16.7. The van der Waals surface area contributed by atoms with Crippen molar-refractivity contribution in [2.75, 3.05) is 0 Å². The van der Waals surface area contributed by atoms with E-state index in [0.717, 1.165) is 18.9 Å². The molecule has 6 unspecified atom stereocenters. The second-order valence-electron chi connectivity index (χ2n) is 11.3. The average Bonchev–Trinajstić information content (AvgIpc) is 3.13. The quantitative estimate of drug-likeness (QED) is 0.446. The van der Waals surface area contributed by atoms with Crippen LogP contribution in [0.2, 0.25) is 0 Å². The Bertz CT molecular complexity index is 989. The molecule has 9 heteroatoms. The van der Waals surface area contributed by atoms with Crippen LogP contribution in [0.1, 0.15) is 91.1 Å². The lowest BCUT2D eigenvalue weighted by atomic mass is 9.74. The minimum Gasteiger partial charge on any atom is -0.452 e. The number of halogens is 1. The van der Waals surface area contributed by atoms with Crippen molar-refractivity contribution in [3.8, 4) is 0 Å². The monoisotopic (exact) mass is 509 g/mol. The van der Waals surface area contributed by atoms with E-state index >= 15 is 4.39 Å². The van der Waals surface area contributed by atoms with E-state index in [2.05, 4.69) is 11.9 Å². The number of hydrogen-bond donors (Lipinski definition) is 2. The zero-order valence-electron chi connectivity index (χ0n) is 22.2. The van der Waals surface area contributed by atoms with Crippen LogP contribution in [0.15, 0.2) is 16.5 Å². The SMILES string of the molecule is CCC1CC(C)CCCC2(C)OC2(O)C(O)C(C(F)=Cc2coc(C)n2)OC(=O)CCC(C)(C)C1=O. The molecule has 6 atom stereocenters. The Kier molecular flexibility index (Phi) is 8.47. The van der Waals surface area contributed by atoms with Crippen LogP contribution in [0.3, 0.4) is 0 Å². The van der Waals surface area contributed by atoms with Gasteiger partial charge in [0.2, 0.25) is 5.79 Å². The Morgan fingerprint density at radius 2 is 1.97 bits per heavy atom. The van der Waals surface area contributed by atoms with Crippen molar-refractivity contribution < 1.29 is 38.1 Å². The van der Waals surface area contributed by atoms with Crippen molar-refractivity contribution in [1.29, 1.82) is 0 Å². The number of aliphatic hydroxyl groups excluding tert-OH is 1. The van der Waals surface area contributed by atoms with Gasteiger partial charge in [-0.3, -0.25) is 9.59 Å². The highest BCUT2D eigenvalue weighted by Crippen LogP contribution is 2.53. The van der Waals surface area contributed by atoms with Crippen molar-refractivity contribution >= 4 is 17.8 Å². The minimum absolute atomic E-state index is 0.104. The molecule has 2 saturated heterocycles. The largest absolute Gasteiger partial charge is 0.452 e. The first-order valence-electron chi connectivity index (χ1n) is 12.9. The van der Waals surface area contributed by atoms with Gasteiger partial charge in [-0.15, -0.1) is 0 Å². The third-order valence-corrected chi connectivity index (χ3v) is 7.76. The first-order valence-corrected chi connectivity index (χ1v) is 12.9. The van der Waals surface area contributed by atoms with Crippen LogP contribution in [-0.4, -0.2) is 50.5 Å². The maximum absolute atomic E-state index is 15.4. The van der Waals surface area contributed by atoms with Crippen molar-refractivity contribution in [3.05, 3.63) is 23.7 Å². The summed E-state index contributed by atoms with van der Waals surface area (Å²) in [5.74, 6) is -3.31. The van der Waals surface area contributed by atoms with Crippen molar-refractivity contribution in [1.82, 2.24) is 4.98 Å².